The molecule has 0 saturated heterocycles. The molecule has 0 aromatic rings. The van der Waals surface area contributed by atoms with Crippen molar-refractivity contribution in [3.63, 3.8) is 0 Å². The lowest BCUT2D eigenvalue weighted by Gasteiger charge is -2.10. The molecule has 0 saturated carbocycles. The Bertz CT molecular complexity index is 172. The molecule has 0 aromatic carbocycles. The average molecular weight is 168 g/mol. The molecule has 1 unspecified atom stereocenters. The van der Waals surface area contributed by atoms with Crippen molar-refractivity contribution < 1.29 is 4.79 Å². The smallest absolute Gasteiger partial charge is 0.236 e. The summed E-state index contributed by atoms with van der Waals surface area (Å²) in [6, 6.07) is -0.132. The number of rotatable bonds is 5. The quantitative estimate of drug-likeness (QED) is 0.452. The minimum atomic E-state index is -0.132. The van der Waals surface area contributed by atoms with E-state index < -0.39 is 0 Å². The number of hydrogen-bond donors (Lipinski definition) is 2. The molecule has 12 heavy (non-hydrogen) atoms. The van der Waals surface area contributed by atoms with Gasteiger partial charge in [-0.3, -0.25) is 4.79 Å². The SMILES string of the molecule is C#CCCCNC(C)C(=O)NC. The molecule has 3 nitrogen and oxygen atoms in total. The summed E-state index contributed by atoms with van der Waals surface area (Å²) < 4.78 is 0. The number of nitrogens with one attached hydrogen (secondary N) is 2. The first-order valence-corrected chi connectivity index (χ1v) is 4.10. The topological polar surface area (TPSA) is 41.1 Å². The molecular formula is C9H16N2O. The highest BCUT2D eigenvalue weighted by Crippen LogP contribution is 1.86. The summed E-state index contributed by atoms with van der Waals surface area (Å²) >= 11 is 0. The Balaban J connectivity index is 3.38. The Morgan fingerprint density at radius 2 is 2.33 bits per heavy atom. The van der Waals surface area contributed by atoms with E-state index in [1.807, 2.05) is 6.92 Å². The molecule has 2 N–H and O–H groups in total. The molecule has 3 heteroatoms. The van der Waals surface area contributed by atoms with Gasteiger partial charge in [-0.1, -0.05) is 0 Å². The first kappa shape index (κ1) is 11.0. The van der Waals surface area contributed by atoms with E-state index >= 15 is 0 Å². The van der Waals surface area contributed by atoms with Crippen LogP contribution >= 0.6 is 0 Å². The molecule has 0 aliphatic rings. The molecular weight excluding hydrogens is 152 g/mol. The van der Waals surface area contributed by atoms with Crippen LogP contribution in [0.5, 0.6) is 0 Å². The molecule has 1 amide bonds. The Hall–Kier alpha value is -1.01. The van der Waals surface area contributed by atoms with Gasteiger partial charge in [0.15, 0.2) is 0 Å². The molecule has 0 fully saturated rings. The van der Waals surface area contributed by atoms with E-state index in [4.69, 9.17) is 6.42 Å². The van der Waals surface area contributed by atoms with E-state index in [-0.39, 0.29) is 11.9 Å². The lowest BCUT2D eigenvalue weighted by atomic mass is 10.2. The lowest BCUT2D eigenvalue weighted by molar-refractivity contribution is -0.122. The van der Waals surface area contributed by atoms with Crippen LogP contribution in [0.15, 0.2) is 0 Å². The molecule has 0 aromatic heterocycles. The maximum atomic E-state index is 11.0. The van der Waals surface area contributed by atoms with Crippen LogP contribution < -0.4 is 10.6 Å². The van der Waals surface area contributed by atoms with Gasteiger partial charge in [-0.05, 0) is 19.9 Å². The van der Waals surface area contributed by atoms with Crippen molar-refractivity contribution in [1.82, 2.24) is 10.6 Å². The molecule has 0 heterocycles. The Kier molecular flexibility index (Phi) is 6.12. The first-order chi connectivity index (χ1) is 5.72. The van der Waals surface area contributed by atoms with E-state index in [0.29, 0.717) is 0 Å². The van der Waals surface area contributed by atoms with E-state index in [1.165, 1.54) is 0 Å². The standard InChI is InChI=1S/C9H16N2O/c1-4-5-6-7-11-8(2)9(12)10-3/h1,8,11H,5-7H2,2-3H3,(H,10,12). The maximum Gasteiger partial charge on any atom is 0.236 e. The van der Waals surface area contributed by atoms with Crippen molar-refractivity contribution in [2.24, 2.45) is 0 Å². The highest BCUT2D eigenvalue weighted by Gasteiger charge is 2.07. The number of hydrogen-bond acceptors (Lipinski definition) is 2. The normalized spacial score (nSPS) is 11.8. The predicted molar refractivity (Wildman–Crippen MR) is 49.6 cm³/mol. The van der Waals surface area contributed by atoms with Gasteiger partial charge >= 0.3 is 0 Å². The van der Waals surface area contributed by atoms with Crippen LogP contribution in [0.3, 0.4) is 0 Å². The van der Waals surface area contributed by atoms with Crippen molar-refractivity contribution >= 4 is 5.91 Å². The fraction of sp³-hybridized carbons (Fsp3) is 0.667. The Labute approximate surface area is 73.9 Å². The molecule has 0 radical (unpaired) electrons. The summed E-state index contributed by atoms with van der Waals surface area (Å²) in [6.07, 6.45) is 6.75. The van der Waals surface area contributed by atoms with E-state index in [9.17, 15) is 4.79 Å². The Morgan fingerprint density at radius 1 is 1.67 bits per heavy atom. The monoisotopic (exact) mass is 168 g/mol. The van der Waals surface area contributed by atoms with Crippen LogP contribution in [0.2, 0.25) is 0 Å². The van der Waals surface area contributed by atoms with Gasteiger partial charge in [-0.25, -0.2) is 0 Å². The molecule has 0 aliphatic carbocycles. The minimum Gasteiger partial charge on any atom is -0.358 e. The van der Waals surface area contributed by atoms with Crippen molar-refractivity contribution in [3.05, 3.63) is 0 Å². The summed E-state index contributed by atoms with van der Waals surface area (Å²) in [6.45, 7) is 2.62. The van der Waals surface area contributed by atoms with Gasteiger partial charge in [0.1, 0.15) is 0 Å². The van der Waals surface area contributed by atoms with E-state index in [2.05, 4.69) is 16.6 Å². The summed E-state index contributed by atoms with van der Waals surface area (Å²) in [7, 11) is 1.63. The third kappa shape index (κ3) is 4.75. The number of likely N-dealkylation sites (N-methyl/N-ethyl adjacent to an activating group) is 1. The number of amides is 1. The summed E-state index contributed by atoms with van der Waals surface area (Å²) in [4.78, 5) is 11.0. The predicted octanol–water partition coefficient (Wildman–Crippen LogP) is 0.124. The Morgan fingerprint density at radius 3 is 2.83 bits per heavy atom. The number of carbonyl (C=O) groups is 1. The molecule has 0 aliphatic heterocycles. The molecule has 0 bridgehead atoms. The van der Waals surface area contributed by atoms with Gasteiger partial charge in [0.25, 0.3) is 0 Å². The zero-order valence-electron chi connectivity index (χ0n) is 7.68. The van der Waals surface area contributed by atoms with Crippen molar-refractivity contribution in [2.75, 3.05) is 13.6 Å². The van der Waals surface area contributed by atoms with Gasteiger partial charge in [0, 0.05) is 13.5 Å². The summed E-state index contributed by atoms with van der Waals surface area (Å²) in [5, 5.41) is 5.62. The summed E-state index contributed by atoms with van der Waals surface area (Å²) in [5.41, 5.74) is 0. The molecule has 0 rings (SSSR count). The van der Waals surface area contributed by atoms with Gasteiger partial charge < -0.3 is 10.6 Å². The molecule has 68 valence electrons. The maximum absolute atomic E-state index is 11.0. The minimum absolute atomic E-state index is 0.00991. The second kappa shape index (κ2) is 6.68. The lowest BCUT2D eigenvalue weighted by Crippen LogP contribution is -2.40. The van der Waals surface area contributed by atoms with E-state index in [1.54, 1.807) is 7.05 Å². The second-order valence-electron chi connectivity index (χ2n) is 2.60. The van der Waals surface area contributed by atoms with Crippen LogP contribution in [0.4, 0.5) is 0 Å². The van der Waals surface area contributed by atoms with Gasteiger partial charge in [0.2, 0.25) is 5.91 Å². The van der Waals surface area contributed by atoms with Crippen LogP contribution in [-0.2, 0) is 4.79 Å². The van der Waals surface area contributed by atoms with Gasteiger partial charge in [-0.2, -0.15) is 0 Å². The number of terminal acetylenes is 1. The fourth-order valence-electron chi connectivity index (χ4n) is 0.818. The van der Waals surface area contributed by atoms with Crippen molar-refractivity contribution in [1.29, 1.82) is 0 Å². The second-order valence-corrected chi connectivity index (χ2v) is 2.60. The number of unbranched alkanes of at least 4 members (excludes halogenated alkanes) is 1. The highest BCUT2D eigenvalue weighted by atomic mass is 16.2. The average Bonchev–Trinajstić information content (AvgIpc) is 2.10. The zero-order valence-corrected chi connectivity index (χ0v) is 7.68. The largest absolute Gasteiger partial charge is 0.358 e. The zero-order chi connectivity index (χ0) is 9.40. The van der Waals surface area contributed by atoms with Gasteiger partial charge in [-0.15, -0.1) is 12.3 Å². The van der Waals surface area contributed by atoms with E-state index in [0.717, 1.165) is 19.4 Å². The molecule has 1 atom stereocenters. The van der Waals surface area contributed by atoms with Crippen LogP contribution in [-0.4, -0.2) is 25.5 Å². The van der Waals surface area contributed by atoms with Crippen molar-refractivity contribution in [3.8, 4) is 12.3 Å². The van der Waals surface area contributed by atoms with Crippen LogP contribution in [0.1, 0.15) is 19.8 Å². The first-order valence-electron chi connectivity index (χ1n) is 4.10. The number of carbonyl (C=O) groups excluding carboxylic acids is 1. The third-order valence-corrected chi connectivity index (χ3v) is 1.59. The summed E-state index contributed by atoms with van der Waals surface area (Å²) in [5.74, 6) is 2.55. The van der Waals surface area contributed by atoms with Crippen LogP contribution in [0.25, 0.3) is 0 Å². The van der Waals surface area contributed by atoms with Crippen LogP contribution in [0, 0.1) is 12.3 Å². The van der Waals surface area contributed by atoms with Gasteiger partial charge in [0.05, 0.1) is 6.04 Å². The highest BCUT2D eigenvalue weighted by molar-refractivity contribution is 5.80. The fourth-order valence-corrected chi connectivity index (χ4v) is 0.818. The van der Waals surface area contributed by atoms with Crippen molar-refractivity contribution in [2.45, 2.75) is 25.8 Å². The molecule has 0 spiro atoms. The third-order valence-electron chi connectivity index (χ3n) is 1.59.